The Kier molecular flexibility index (Phi) is 10.0. The first-order valence-corrected chi connectivity index (χ1v) is 21.8. The summed E-state index contributed by atoms with van der Waals surface area (Å²) in [4.78, 5) is 71.7. The van der Waals surface area contributed by atoms with Crippen molar-refractivity contribution in [2.45, 2.75) is 88.0 Å². The minimum atomic E-state index is -1.46. The zero-order valence-corrected chi connectivity index (χ0v) is 34.2. The van der Waals surface area contributed by atoms with Crippen molar-refractivity contribution in [1.82, 2.24) is 20.0 Å². The molecule has 12 heteroatoms. The number of nitrogens with one attached hydrogen (secondary N) is 1. The maximum atomic E-state index is 16.4. The highest BCUT2D eigenvalue weighted by atomic mass is 19.1. The van der Waals surface area contributed by atoms with Crippen LogP contribution >= 0.6 is 0 Å². The molecular formula is C49H50FN5O6. The van der Waals surface area contributed by atoms with E-state index in [0.29, 0.717) is 37.8 Å². The van der Waals surface area contributed by atoms with E-state index in [9.17, 15) is 29.1 Å². The van der Waals surface area contributed by atoms with Gasteiger partial charge in [0, 0.05) is 82.6 Å². The summed E-state index contributed by atoms with van der Waals surface area (Å²) in [6.07, 6.45) is 4.11. The number of carbonyl (C=O) groups excluding carboxylic acids is 5. The summed E-state index contributed by atoms with van der Waals surface area (Å²) in [6, 6.07) is 27.8. The van der Waals surface area contributed by atoms with Crippen molar-refractivity contribution < 1.29 is 33.5 Å². The Morgan fingerprint density at radius 3 is 2.07 bits per heavy atom. The maximum Gasteiger partial charge on any atom is 0.262 e. The van der Waals surface area contributed by atoms with Crippen LogP contribution in [0.4, 0.5) is 10.1 Å². The molecule has 0 bridgehead atoms. The van der Waals surface area contributed by atoms with Crippen molar-refractivity contribution in [2.24, 2.45) is 5.92 Å². The maximum absolute atomic E-state index is 16.4. The van der Waals surface area contributed by atoms with E-state index in [1.807, 2.05) is 15.9 Å². The number of hydrogen-bond donors (Lipinski definition) is 2. The van der Waals surface area contributed by atoms with Gasteiger partial charge in [0.2, 0.25) is 17.7 Å². The fourth-order valence-corrected chi connectivity index (χ4v) is 11.1. The van der Waals surface area contributed by atoms with Gasteiger partial charge in [-0.05, 0) is 108 Å². The van der Waals surface area contributed by atoms with Crippen LogP contribution in [-0.4, -0.2) is 93.8 Å². The van der Waals surface area contributed by atoms with Gasteiger partial charge < -0.3 is 14.9 Å². The quantitative estimate of drug-likeness (QED) is 0.211. The summed E-state index contributed by atoms with van der Waals surface area (Å²) in [5.74, 6) is -1.28. The Morgan fingerprint density at radius 1 is 0.738 bits per heavy atom. The van der Waals surface area contributed by atoms with E-state index in [4.69, 9.17) is 0 Å². The molecule has 11 nitrogen and oxygen atoms in total. The standard InChI is InChI=1S/C49H50FN5O6/c50-49(29-52-27-34-25-40-41(26-35(34)28-52)48(61)55(47(40)60)42-14-15-43(57)51-45(42)58)18-22-54(23-19-49)46(59)32-16-20-53(21-17-32)36-9-6-31(7-10-36)44-38(30-4-2-1-3-5-30)12-8-33-24-37(56)11-13-39(33)44/h1-7,9-11,13,24-26,32,38,42,44,56H,8,12,14-23,27-29H2,(H,51,57,58)/t38-,42?,44+/m1/s1. The molecule has 0 saturated carbocycles. The Labute approximate surface area is 354 Å². The number of likely N-dealkylation sites (tertiary alicyclic amines) is 1. The Morgan fingerprint density at radius 2 is 1.41 bits per heavy atom. The van der Waals surface area contributed by atoms with Crippen LogP contribution in [0.5, 0.6) is 5.75 Å². The van der Waals surface area contributed by atoms with Crippen LogP contribution < -0.4 is 10.2 Å². The molecule has 6 aliphatic rings. The number of aryl methyl sites for hydroxylation is 1. The second-order valence-electron chi connectivity index (χ2n) is 18.0. The highest BCUT2D eigenvalue weighted by molar-refractivity contribution is 6.23. The number of alkyl halides is 1. The zero-order chi connectivity index (χ0) is 42.0. The van der Waals surface area contributed by atoms with Crippen LogP contribution in [0.3, 0.4) is 0 Å². The zero-order valence-electron chi connectivity index (χ0n) is 34.2. The summed E-state index contributed by atoms with van der Waals surface area (Å²) >= 11 is 0. The van der Waals surface area contributed by atoms with E-state index in [2.05, 4.69) is 70.9 Å². The molecule has 5 aliphatic heterocycles. The third kappa shape index (κ3) is 7.28. The number of fused-ring (bicyclic) bond motifs is 3. The largest absolute Gasteiger partial charge is 0.508 e. The van der Waals surface area contributed by atoms with Gasteiger partial charge in [-0.25, -0.2) is 4.39 Å². The van der Waals surface area contributed by atoms with E-state index < -0.39 is 35.3 Å². The van der Waals surface area contributed by atoms with E-state index >= 15 is 4.39 Å². The van der Waals surface area contributed by atoms with Crippen LogP contribution in [0, 0.1) is 5.92 Å². The number of imide groups is 2. The monoisotopic (exact) mass is 823 g/mol. The number of phenolic OH excluding ortho intramolecular Hbond substituents is 1. The number of hydrogen-bond acceptors (Lipinski definition) is 8. The van der Waals surface area contributed by atoms with Crippen molar-refractivity contribution in [3.05, 3.63) is 129 Å². The van der Waals surface area contributed by atoms with Gasteiger partial charge in [0.05, 0.1) is 11.1 Å². The van der Waals surface area contributed by atoms with Gasteiger partial charge in [0.25, 0.3) is 11.8 Å². The molecule has 2 N–H and O–H groups in total. The van der Waals surface area contributed by atoms with E-state index in [1.54, 1.807) is 18.2 Å². The first-order valence-electron chi connectivity index (χ1n) is 21.8. The van der Waals surface area contributed by atoms with Crippen molar-refractivity contribution in [3.8, 4) is 5.75 Å². The second kappa shape index (κ2) is 15.5. The van der Waals surface area contributed by atoms with Gasteiger partial charge in [-0.2, -0.15) is 0 Å². The average molecular weight is 824 g/mol. The van der Waals surface area contributed by atoms with E-state index in [0.717, 1.165) is 60.5 Å². The average Bonchev–Trinajstić information content (AvgIpc) is 3.77. The summed E-state index contributed by atoms with van der Waals surface area (Å²) in [5, 5.41) is 12.5. The molecule has 0 aromatic heterocycles. The van der Waals surface area contributed by atoms with Gasteiger partial charge in [-0.1, -0.05) is 48.5 Å². The van der Waals surface area contributed by atoms with Crippen LogP contribution in [0.15, 0.2) is 84.9 Å². The molecule has 1 unspecified atom stereocenters. The Bertz CT molecular complexity index is 2380. The van der Waals surface area contributed by atoms with Crippen molar-refractivity contribution >= 4 is 35.2 Å². The fraction of sp³-hybridized carbons (Fsp3) is 0.408. The molecule has 3 atom stereocenters. The van der Waals surface area contributed by atoms with Crippen LogP contribution in [-0.2, 0) is 33.9 Å². The Balaban J connectivity index is 0.722. The lowest BCUT2D eigenvalue weighted by atomic mass is 9.69. The number of anilines is 1. The first-order chi connectivity index (χ1) is 29.5. The molecular weight excluding hydrogens is 774 g/mol. The Hall–Kier alpha value is -5.88. The molecule has 0 spiro atoms. The van der Waals surface area contributed by atoms with Gasteiger partial charge in [-0.3, -0.25) is 39.1 Å². The lowest BCUT2D eigenvalue weighted by Crippen LogP contribution is -2.54. The number of halogens is 1. The minimum Gasteiger partial charge on any atom is -0.508 e. The van der Waals surface area contributed by atoms with Gasteiger partial charge >= 0.3 is 0 Å². The van der Waals surface area contributed by atoms with Crippen LogP contribution in [0.1, 0.15) is 111 Å². The minimum absolute atomic E-state index is 0.0599. The third-order valence-electron chi connectivity index (χ3n) is 14.3. The lowest BCUT2D eigenvalue weighted by Gasteiger charge is -2.41. The number of amides is 5. The molecule has 1 aliphatic carbocycles. The second-order valence-corrected chi connectivity index (χ2v) is 18.0. The summed E-state index contributed by atoms with van der Waals surface area (Å²) in [6.45, 7) is 3.37. The summed E-state index contributed by atoms with van der Waals surface area (Å²) in [5.41, 5.74) is 6.95. The predicted molar refractivity (Wildman–Crippen MR) is 226 cm³/mol. The fourth-order valence-electron chi connectivity index (χ4n) is 11.1. The molecule has 5 heterocycles. The number of rotatable bonds is 7. The number of aromatic hydroxyl groups is 1. The van der Waals surface area contributed by atoms with Crippen LogP contribution in [0.2, 0.25) is 0 Å². The molecule has 5 amide bonds. The number of phenols is 1. The number of carbonyl (C=O) groups is 5. The SMILES string of the molecule is O=C1CCC(N2C(=O)c3cc4c(cc3C2=O)CN(CC2(F)CCN(C(=O)C3CCN(c5ccc([C@@H]6c7ccc(O)cc7CC[C@@H]6c6ccccc6)cc5)CC3)CC2)C4)C(=O)N1. The smallest absolute Gasteiger partial charge is 0.262 e. The highest BCUT2D eigenvalue weighted by Gasteiger charge is 2.46. The number of benzene rings is 4. The van der Waals surface area contributed by atoms with E-state index in [-0.39, 0.29) is 61.1 Å². The lowest BCUT2D eigenvalue weighted by molar-refractivity contribution is -0.139. The van der Waals surface area contributed by atoms with Crippen molar-refractivity contribution in [3.63, 3.8) is 0 Å². The van der Waals surface area contributed by atoms with Gasteiger partial charge in [-0.15, -0.1) is 0 Å². The molecule has 4 aromatic rings. The highest BCUT2D eigenvalue weighted by Crippen LogP contribution is 2.47. The number of nitrogens with zero attached hydrogens (tertiary/aromatic N) is 4. The topological polar surface area (TPSA) is 131 Å². The molecule has 4 aromatic carbocycles. The number of piperidine rings is 3. The van der Waals surface area contributed by atoms with Crippen LogP contribution in [0.25, 0.3) is 0 Å². The normalized spacial score (nSPS) is 24.1. The summed E-state index contributed by atoms with van der Waals surface area (Å²) < 4.78 is 16.4. The predicted octanol–water partition coefficient (Wildman–Crippen LogP) is 6.22. The molecule has 61 heavy (non-hydrogen) atoms. The van der Waals surface area contributed by atoms with Gasteiger partial charge in [0.15, 0.2) is 0 Å². The summed E-state index contributed by atoms with van der Waals surface area (Å²) in [7, 11) is 0. The molecule has 3 fully saturated rings. The van der Waals surface area contributed by atoms with Crippen molar-refractivity contribution in [1.29, 1.82) is 0 Å². The molecule has 314 valence electrons. The third-order valence-corrected chi connectivity index (χ3v) is 14.3. The molecule has 10 rings (SSSR count). The van der Waals surface area contributed by atoms with Gasteiger partial charge in [0.1, 0.15) is 17.5 Å². The molecule has 3 saturated heterocycles. The molecule has 0 radical (unpaired) electrons. The van der Waals surface area contributed by atoms with Crippen molar-refractivity contribution in [2.75, 3.05) is 37.6 Å². The first kappa shape index (κ1) is 39.3. The van der Waals surface area contributed by atoms with E-state index in [1.165, 1.54) is 22.3 Å².